The van der Waals surface area contributed by atoms with E-state index in [2.05, 4.69) is 19.2 Å². The molecule has 6 heteroatoms. The Morgan fingerprint density at radius 3 is 2.17 bits per heavy atom. The quantitative estimate of drug-likeness (QED) is 0.688. The largest absolute Gasteiger partial charge is 0.480 e. The standard InChI is InChI=1S/C12H22N2O4/c1-7-4-8(2)6-14(5-7)12(18)13-10(9(3)15)11(16)17/h7-10,15H,4-6H2,1-3H3,(H,13,18)(H,16,17). The predicted octanol–water partition coefficient (Wildman–Crippen LogP) is 0.508. The molecule has 0 aromatic rings. The van der Waals surface area contributed by atoms with Gasteiger partial charge in [-0.1, -0.05) is 13.8 Å². The third-order valence-electron chi connectivity index (χ3n) is 3.18. The molecule has 18 heavy (non-hydrogen) atoms. The van der Waals surface area contributed by atoms with E-state index in [1.807, 2.05) is 0 Å². The molecule has 0 aliphatic carbocycles. The van der Waals surface area contributed by atoms with E-state index >= 15 is 0 Å². The number of amides is 2. The van der Waals surface area contributed by atoms with Gasteiger partial charge in [0.2, 0.25) is 0 Å². The van der Waals surface area contributed by atoms with E-state index in [0.717, 1.165) is 6.42 Å². The highest BCUT2D eigenvalue weighted by Crippen LogP contribution is 2.20. The van der Waals surface area contributed by atoms with Crippen molar-refractivity contribution in [1.82, 2.24) is 10.2 Å². The SMILES string of the molecule is CC1CC(C)CN(C(=O)NC(C(=O)O)C(C)O)C1. The molecule has 1 saturated heterocycles. The monoisotopic (exact) mass is 258 g/mol. The van der Waals surface area contributed by atoms with E-state index in [9.17, 15) is 14.7 Å². The van der Waals surface area contributed by atoms with Crippen molar-refractivity contribution in [2.75, 3.05) is 13.1 Å². The molecule has 1 rings (SSSR count). The highest BCUT2D eigenvalue weighted by atomic mass is 16.4. The fourth-order valence-electron chi connectivity index (χ4n) is 2.44. The van der Waals surface area contributed by atoms with Crippen LogP contribution in [0.5, 0.6) is 0 Å². The van der Waals surface area contributed by atoms with Gasteiger partial charge in [0.25, 0.3) is 0 Å². The number of hydrogen-bond acceptors (Lipinski definition) is 3. The summed E-state index contributed by atoms with van der Waals surface area (Å²) in [5, 5.41) is 20.6. The first-order valence-corrected chi connectivity index (χ1v) is 6.27. The predicted molar refractivity (Wildman–Crippen MR) is 66.2 cm³/mol. The summed E-state index contributed by atoms with van der Waals surface area (Å²) in [6.45, 7) is 6.74. The van der Waals surface area contributed by atoms with E-state index in [1.54, 1.807) is 4.90 Å². The number of carboxylic acid groups (broad SMARTS) is 1. The van der Waals surface area contributed by atoms with E-state index in [4.69, 9.17) is 5.11 Å². The minimum atomic E-state index is -1.26. The number of aliphatic carboxylic acids is 1. The molecule has 0 radical (unpaired) electrons. The van der Waals surface area contributed by atoms with Crippen LogP contribution in [0.15, 0.2) is 0 Å². The Labute approximate surface area is 107 Å². The Balaban J connectivity index is 2.61. The maximum atomic E-state index is 11.9. The highest BCUT2D eigenvalue weighted by molar-refractivity contribution is 5.83. The third kappa shape index (κ3) is 3.87. The molecule has 0 aromatic carbocycles. The number of carbonyl (C=O) groups is 2. The lowest BCUT2D eigenvalue weighted by atomic mass is 9.92. The topological polar surface area (TPSA) is 89.9 Å². The second kappa shape index (κ2) is 6.04. The van der Waals surface area contributed by atoms with E-state index in [0.29, 0.717) is 24.9 Å². The Bertz CT molecular complexity index is 309. The summed E-state index contributed by atoms with van der Waals surface area (Å²) in [7, 11) is 0. The normalized spacial score (nSPS) is 27.4. The van der Waals surface area contributed by atoms with E-state index < -0.39 is 24.1 Å². The molecule has 4 unspecified atom stereocenters. The maximum absolute atomic E-state index is 11.9. The molecule has 0 spiro atoms. The first-order chi connectivity index (χ1) is 8.31. The van der Waals surface area contributed by atoms with Crippen LogP contribution in [0.25, 0.3) is 0 Å². The van der Waals surface area contributed by atoms with Gasteiger partial charge in [0.05, 0.1) is 6.10 Å². The summed E-state index contributed by atoms with van der Waals surface area (Å²) < 4.78 is 0. The van der Waals surface area contributed by atoms with Crippen molar-refractivity contribution in [1.29, 1.82) is 0 Å². The number of urea groups is 1. The summed E-state index contributed by atoms with van der Waals surface area (Å²) in [6, 6.07) is -1.67. The number of nitrogens with zero attached hydrogens (tertiary/aromatic N) is 1. The average molecular weight is 258 g/mol. The van der Waals surface area contributed by atoms with Crippen molar-refractivity contribution in [2.45, 2.75) is 39.3 Å². The van der Waals surface area contributed by atoms with Gasteiger partial charge in [-0.2, -0.15) is 0 Å². The molecule has 6 nitrogen and oxygen atoms in total. The fraction of sp³-hybridized carbons (Fsp3) is 0.833. The van der Waals surface area contributed by atoms with Gasteiger partial charge in [-0.15, -0.1) is 0 Å². The number of hydrogen-bond donors (Lipinski definition) is 3. The minimum Gasteiger partial charge on any atom is -0.480 e. The van der Waals surface area contributed by atoms with Crippen LogP contribution in [-0.4, -0.2) is 52.3 Å². The van der Waals surface area contributed by atoms with Crippen molar-refractivity contribution in [2.24, 2.45) is 11.8 Å². The summed E-state index contributed by atoms with van der Waals surface area (Å²) in [4.78, 5) is 24.5. The number of rotatable bonds is 3. The van der Waals surface area contributed by atoms with Crippen molar-refractivity contribution in [3.63, 3.8) is 0 Å². The summed E-state index contributed by atoms with van der Waals surface area (Å²) in [5.41, 5.74) is 0. The number of nitrogens with one attached hydrogen (secondary N) is 1. The Morgan fingerprint density at radius 2 is 1.78 bits per heavy atom. The zero-order valence-corrected chi connectivity index (χ0v) is 11.1. The number of piperidine rings is 1. The zero-order chi connectivity index (χ0) is 13.9. The second-order valence-electron chi connectivity index (χ2n) is 5.36. The molecule has 3 N–H and O–H groups in total. The van der Waals surface area contributed by atoms with Crippen molar-refractivity contribution < 1.29 is 19.8 Å². The Hall–Kier alpha value is -1.30. The van der Waals surface area contributed by atoms with Crippen LogP contribution >= 0.6 is 0 Å². The zero-order valence-electron chi connectivity index (χ0n) is 11.1. The van der Waals surface area contributed by atoms with Gasteiger partial charge in [-0.05, 0) is 25.2 Å². The molecule has 1 aliphatic heterocycles. The fourth-order valence-corrected chi connectivity index (χ4v) is 2.44. The van der Waals surface area contributed by atoms with Gasteiger partial charge >= 0.3 is 12.0 Å². The Kier molecular flexibility index (Phi) is 4.95. The smallest absolute Gasteiger partial charge is 0.328 e. The number of carbonyl (C=O) groups excluding carboxylic acids is 1. The number of aliphatic hydroxyl groups is 1. The average Bonchev–Trinajstić information content (AvgIpc) is 2.23. The van der Waals surface area contributed by atoms with Crippen molar-refractivity contribution in [3.8, 4) is 0 Å². The number of carboxylic acids is 1. The minimum absolute atomic E-state index is 0.411. The summed E-state index contributed by atoms with van der Waals surface area (Å²) in [5.74, 6) is -0.403. The van der Waals surface area contributed by atoms with Crippen molar-refractivity contribution >= 4 is 12.0 Å². The number of likely N-dealkylation sites (tertiary alicyclic amines) is 1. The van der Waals surface area contributed by atoms with Crippen LogP contribution in [0.1, 0.15) is 27.2 Å². The van der Waals surface area contributed by atoms with Crippen LogP contribution in [-0.2, 0) is 4.79 Å². The molecule has 104 valence electrons. The maximum Gasteiger partial charge on any atom is 0.328 e. The van der Waals surface area contributed by atoms with Crippen LogP contribution in [0.2, 0.25) is 0 Å². The van der Waals surface area contributed by atoms with Gasteiger partial charge in [0.15, 0.2) is 6.04 Å². The number of aliphatic hydroxyl groups excluding tert-OH is 1. The molecule has 4 atom stereocenters. The van der Waals surface area contributed by atoms with Crippen LogP contribution in [0, 0.1) is 11.8 Å². The summed E-state index contributed by atoms with van der Waals surface area (Å²) >= 11 is 0. The lowest BCUT2D eigenvalue weighted by Crippen LogP contribution is -2.54. The molecular formula is C12H22N2O4. The van der Waals surface area contributed by atoms with Gasteiger partial charge in [-0.3, -0.25) is 0 Å². The first kappa shape index (κ1) is 14.8. The molecule has 0 aromatic heterocycles. The molecule has 1 heterocycles. The highest BCUT2D eigenvalue weighted by Gasteiger charge is 2.30. The molecule has 0 bridgehead atoms. The second-order valence-corrected chi connectivity index (χ2v) is 5.36. The molecule has 1 aliphatic rings. The van der Waals surface area contributed by atoms with Crippen LogP contribution in [0.3, 0.4) is 0 Å². The molecular weight excluding hydrogens is 236 g/mol. The molecule has 1 fully saturated rings. The van der Waals surface area contributed by atoms with Gasteiger partial charge in [-0.25, -0.2) is 9.59 Å². The lowest BCUT2D eigenvalue weighted by Gasteiger charge is -2.35. The third-order valence-corrected chi connectivity index (χ3v) is 3.18. The van der Waals surface area contributed by atoms with E-state index in [-0.39, 0.29) is 0 Å². The molecule has 0 saturated carbocycles. The van der Waals surface area contributed by atoms with Gasteiger partial charge in [0, 0.05) is 13.1 Å². The van der Waals surface area contributed by atoms with Crippen LogP contribution in [0.4, 0.5) is 4.79 Å². The van der Waals surface area contributed by atoms with Crippen LogP contribution < -0.4 is 5.32 Å². The van der Waals surface area contributed by atoms with Gasteiger partial charge in [0.1, 0.15) is 0 Å². The lowest BCUT2D eigenvalue weighted by molar-refractivity contribution is -0.141. The van der Waals surface area contributed by atoms with Crippen molar-refractivity contribution in [3.05, 3.63) is 0 Å². The van der Waals surface area contributed by atoms with Gasteiger partial charge < -0.3 is 20.4 Å². The Morgan fingerprint density at radius 1 is 1.28 bits per heavy atom. The first-order valence-electron chi connectivity index (χ1n) is 6.27. The van der Waals surface area contributed by atoms with E-state index in [1.165, 1.54) is 6.92 Å². The summed E-state index contributed by atoms with van der Waals surface area (Å²) in [6.07, 6.45) is -0.0474. The molecule has 2 amide bonds.